The highest BCUT2D eigenvalue weighted by molar-refractivity contribution is 6.30. The van der Waals surface area contributed by atoms with Crippen molar-refractivity contribution in [1.82, 2.24) is 0 Å². The van der Waals surface area contributed by atoms with E-state index < -0.39 is 0 Å². The molecule has 0 aliphatic carbocycles. The van der Waals surface area contributed by atoms with E-state index in [2.05, 4.69) is 5.32 Å². The van der Waals surface area contributed by atoms with Crippen LogP contribution < -0.4 is 5.32 Å². The number of anilines is 1. The van der Waals surface area contributed by atoms with Crippen LogP contribution in [-0.2, 0) is 11.2 Å². The third kappa shape index (κ3) is 3.58. The van der Waals surface area contributed by atoms with Gasteiger partial charge in [-0.15, -0.1) is 0 Å². The second-order valence-corrected chi connectivity index (χ2v) is 5.05. The Balaban J connectivity index is 2.08. The summed E-state index contributed by atoms with van der Waals surface area (Å²) in [6.45, 7) is 3.94. The zero-order valence-corrected chi connectivity index (χ0v) is 11.8. The minimum absolute atomic E-state index is 0.0141. The maximum absolute atomic E-state index is 12.0. The molecule has 0 radical (unpaired) electrons. The van der Waals surface area contributed by atoms with Crippen LogP contribution in [0.4, 0.5) is 5.69 Å². The highest BCUT2D eigenvalue weighted by Crippen LogP contribution is 2.20. The maximum atomic E-state index is 12.0. The van der Waals surface area contributed by atoms with Crippen LogP contribution in [0.3, 0.4) is 0 Å². The largest absolute Gasteiger partial charge is 0.326 e. The van der Waals surface area contributed by atoms with Gasteiger partial charge in [0.1, 0.15) is 0 Å². The molecule has 0 bridgehead atoms. The molecular formula is C16H16ClNO. The van der Waals surface area contributed by atoms with Crippen molar-refractivity contribution in [2.75, 3.05) is 5.32 Å². The lowest BCUT2D eigenvalue weighted by Crippen LogP contribution is -2.15. The Labute approximate surface area is 118 Å². The van der Waals surface area contributed by atoms with Crippen molar-refractivity contribution in [2.24, 2.45) is 0 Å². The van der Waals surface area contributed by atoms with Crippen LogP contribution >= 0.6 is 11.6 Å². The van der Waals surface area contributed by atoms with Gasteiger partial charge in [0.15, 0.2) is 0 Å². The van der Waals surface area contributed by atoms with E-state index in [0.29, 0.717) is 11.4 Å². The summed E-state index contributed by atoms with van der Waals surface area (Å²) in [5.74, 6) is -0.0141. The molecule has 0 aliphatic rings. The third-order valence-electron chi connectivity index (χ3n) is 3.07. The molecule has 2 aromatic rings. The Morgan fingerprint density at radius 1 is 1.11 bits per heavy atom. The Hall–Kier alpha value is -1.80. The molecule has 3 heteroatoms. The lowest BCUT2D eigenvalue weighted by molar-refractivity contribution is -0.115. The number of carbonyl (C=O) groups is 1. The highest BCUT2D eigenvalue weighted by atomic mass is 35.5. The number of benzene rings is 2. The molecule has 0 unspecified atom stereocenters. The molecule has 1 amide bonds. The molecule has 0 fully saturated rings. The lowest BCUT2D eigenvalue weighted by atomic mass is 10.1. The zero-order valence-electron chi connectivity index (χ0n) is 11.0. The Kier molecular flexibility index (Phi) is 4.23. The van der Waals surface area contributed by atoms with Gasteiger partial charge >= 0.3 is 0 Å². The minimum Gasteiger partial charge on any atom is -0.326 e. The number of carbonyl (C=O) groups excluding carboxylic acids is 1. The van der Waals surface area contributed by atoms with E-state index in [-0.39, 0.29) is 5.91 Å². The van der Waals surface area contributed by atoms with Gasteiger partial charge in [-0.25, -0.2) is 0 Å². The van der Waals surface area contributed by atoms with Crippen LogP contribution in [0.1, 0.15) is 16.7 Å². The Bertz CT molecular complexity index is 607. The van der Waals surface area contributed by atoms with Gasteiger partial charge in [-0.05, 0) is 48.7 Å². The molecule has 1 N–H and O–H groups in total. The van der Waals surface area contributed by atoms with Crippen molar-refractivity contribution >= 4 is 23.2 Å². The zero-order chi connectivity index (χ0) is 13.8. The molecule has 2 aromatic carbocycles. The fourth-order valence-corrected chi connectivity index (χ4v) is 2.17. The predicted molar refractivity (Wildman–Crippen MR) is 79.7 cm³/mol. The lowest BCUT2D eigenvalue weighted by Gasteiger charge is -2.10. The van der Waals surface area contributed by atoms with Gasteiger partial charge in [-0.2, -0.15) is 0 Å². The second-order valence-electron chi connectivity index (χ2n) is 4.61. The van der Waals surface area contributed by atoms with E-state index in [9.17, 15) is 4.79 Å². The van der Waals surface area contributed by atoms with Crippen molar-refractivity contribution in [3.63, 3.8) is 0 Å². The van der Waals surface area contributed by atoms with Crippen LogP contribution in [0.15, 0.2) is 42.5 Å². The smallest absolute Gasteiger partial charge is 0.228 e. The van der Waals surface area contributed by atoms with Crippen molar-refractivity contribution in [1.29, 1.82) is 0 Å². The first kappa shape index (κ1) is 13.6. The first-order chi connectivity index (χ1) is 9.06. The molecule has 19 heavy (non-hydrogen) atoms. The van der Waals surface area contributed by atoms with E-state index >= 15 is 0 Å². The quantitative estimate of drug-likeness (QED) is 0.895. The molecule has 0 saturated carbocycles. The van der Waals surface area contributed by atoms with Gasteiger partial charge in [0.25, 0.3) is 0 Å². The van der Waals surface area contributed by atoms with E-state index in [4.69, 9.17) is 11.6 Å². The van der Waals surface area contributed by atoms with Crippen molar-refractivity contribution < 1.29 is 4.79 Å². The second kappa shape index (κ2) is 5.89. The normalized spacial score (nSPS) is 10.3. The maximum Gasteiger partial charge on any atom is 0.228 e. The van der Waals surface area contributed by atoms with Crippen LogP contribution in [0.25, 0.3) is 0 Å². The van der Waals surface area contributed by atoms with Crippen molar-refractivity contribution in [3.8, 4) is 0 Å². The third-order valence-corrected chi connectivity index (χ3v) is 3.31. The monoisotopic (exact) mass is 273 g/mol. The van der Waals surface area contributed by atoms with Crippen molar-refractivity contribution in [3.05, 3.63) is 64.2 Å². The summed E-state index contributed by atoms with van der Waals surface area (Å²) in [6.07, 6.45) is 0.384. The molecule has 0 saturated heterocycles. The fourth-order valence-electron chi connectivity index (χ4n) is 1.94. The summed E-state index contributed by atoms with van der Waals surface area (Å²) in [5.41, 5.74) is 3.95. The summed E-state index contributed by atoms with van der Waals surface area (Å²) in [4.78, 5) is 12.0. The SMILES string of the molecule is Cc1ccccc1CC(=O)Nc1ccc(Cl)cc1C. The summed E-state index contributed by atoms with van der Waals surface area (Å²) >= 11 is 5.89. The molecule has 0 heterocycles. The number of amides is 1. The Morgan fingerprint density at radius 2 is 1.84 bits per heavy atom. The molecule has 98 valence electrons. The number of aryl methyl sites for hydroxylation is 2. The number of hydrogen-bond donors (Lipinski definition) is 1. The van der Waals surface area contributed by atoms with Crippen LogP contribution in [0.2, 0.25) is 5.02 Å². The van der Waals surface area contributed by atoms with E-state index in [1.165, 1.54) is 0 Å². The minimum atomic E-state index is -0.0141. The molecule has 2 nitrogen and oxygen atoms in total. The Morgan fingerprint density at radius 3 is 2.53 bits per heavy atom. The predicted octanol–water partition coefficient (Wildman–Crippen LogP) is 4.14. The fraction of sp³-hybridized carbons (Fsp3) is 0.188. The van der Waals surface area contributed by atoms with Gasteiger partial charge in [0.05, 0.1) is 6.42 Å². The van der Waals surface area contributed by atoms with E-state index in [1.54, 1.807) is 6.07 Å². The van der Waals surface area contributed by atoms with Crippen LogP contribution in [-0.4, -0.2) is 5.91 Å². The topological polar surface area (TPSA) is 29.1 Å². The van der Waals surface area contributed by atoms with Gasteiger partial charge in [-0.1, -0.05) is 35.9 Å². The summed E-state index contributed by atoms with van der Waals surface area (Å²) in [7, 11) is 0. The van der Waals surface area contributed by atoms with Gasteiger partial charge in [-0.3, -0.25) is 4.79 Å². The molecule has 0 aromatic heterocycles. The number of nitrogens with one attached hydrogen (secondary N) is 1. The van der Waals surface area contributed by atoms with E-state index in [1.807, 2.05) is 50.2 Å². The number of rotatable bonds is 3. The summed E-state index contributed by atoms with van der Waals surface area (Å²) in [5, 5.41) is 3.59. The standard InChI is InChI=1S/C16H16ClNO/c1-11-5-3-4-6-13(11)10-16(19)18-15-8-7-14(17)9-12(15)2/h3-9H,10H2,1-2H3,(H,18,19). The number of halogens is 1. The molecular weight excluding hydrogens is 258 g/mol. The summed E-state index contributed by atoms with van der Waals surface area (Å²) in [6, 6.07) is 13.3. The van der Waals surface area contributed by atoms with Gasteiger partial charge in [0, 0.05) is 10.7 Å². The van der Waals surface area contributed by atoms with Crippen LogP contribution in [0.5, 0.6) is 0 Å². The molecule has 0 aliphatic heterocycles. The van der Waals surface area contributed by atoms with E-state index in [0.717, 1.165) is 22.4 Å². The van der Waals surface area contributed by atoms with Crippen LogP contribution in [0, 0.1) is 13.8 Å². The average molecular weight is 274 g/mol. The molecule has 0 spiro atoms. The first-order valence-corrected chi connectivity index (χ1v) is 6.54. The first-order valence-electron chi connectivity index (χ1n) is 6.17. The number of hydrogen-bond acceptors (Lipinski definition) is 1. The molecule has 2 rings (SSSR count). The molecule has 0 atom stereocenters. The summed E-state index contributed by atoms with van der Waals surface area (Å²) < 4.78 is 0. The van der Waals surface area contributed by atoms with Gasteiger partial charge in [0.2, 0.25) is 5.91 Å². The van der Waals surface area contributed by atoms with Gasteiger partial charge < -0.3 is 5.32 Å². The highest BCUT2D eigenvalue weighted by Gasteiger charge is 2.07. The van der Waals surface area contributed by atoms with Crippen molar-refractivity contribution in [2.45, 2.75) is 20.3 Å². The average Bonchev–Trinajstić information content (AvgIpc) is 2.36.